The van der Waals surface area contributed by atoms with E-state index in [-0.39, 0.29) is 18.7 Å². The van der Waals surface area contributed by atoms with E-state index in [1.807, 2.05) is 54.3 Å². The van der Waals surface area contributed by atoms with Crippen LogP contribution in [0.1, 0.15) is 30.2 Å². The van der Waals surface area contributed by atoms with E-state index < -0.39 is 0 Å². The lowest BCUT2D eigenvalue weighted by atomic mass is 9.98. The first kappa shape index (κ1) is 18.5. The minimum absolute atomic E-state index is 0.0108. The van der Waals surface area contributed by atoms with Gasteiger partial charge in [0.2, 0.25) is 18.6 Å². The number of anilines is 1. The number of para-hydroxylation sites is 1. The van der Waals surface area contributed by atoms with Crippen LogP contribution in [-0.2, 0) is 0 Å². The van der Waals surface area contributed by atoms with Crippen LogP contribution >= 0.6 is 0 Å². The average Bonchev–Trinajstić information content (AvgIpc) is 3.44. The average molecular weight is 406 g/mol. The minimum Gasteiger partial charge on any atom is -0.454 e. The number of urea groups is 1. The summed E-state index contributed by atoms with van der Waals surface area (Å²) in [6.45, 7) is 3.44. The maximum Gasteiger partial charge on any atom is 0.321 e. The summed E-state index contributed by atoms with van der Waals surface area (Å²) in [6.07, 6.45) is 1.78. The first-order valence-electron chi connectivity index (χ1n) is 10.0. The van der Waals surface area contributed by atoms with Crippen molar-refractivity contribution in [3.8, 4) is 23.0 Å². The molecule has 3 aromatic rings. The normalized spacial score (nSPS) is 17.8. The summed E-state index contributed by atoms with van der Waals surface area (Å²) >= 11 is 0. The minimum atomic E-state index is -0.107. The zero-order valence-electron chi connectivity index (χ0n) is 16.6. The van der Waals surface area contributed by atoms with Gasteiger partial charge in [0, 0.05) is 24.3 Å². The Morgan fingerprint density at radius 3 is 2.90 bits per heavy atom. The molecule has 2 aliphatic rings. The molecule has 1 fully saturated rings. The lowest BCUT2D eigenvalue weighted by Crippen LogP contribution is -2.41. The topological polar surface area (TPSA) is 89.7 Å². The van der Waals surface area contributed by atoms with E-state index in [0.29, 0.717) is 36.4 Å². The Hall–Kier alpha value is -3.55. The van der Waals surface area contributed by atoms with Gasteiger partial charge in [-0.05, 0) is 49.6 Å². The number of piperidine rings is 1. The molecule has 1 N–H and O–H groups in total. The van der Waals surface area contributed by atoms with Gasteiger partial charge >= 0.3 is 6.03 Å². The fraction of sp³-hybridized carbons (Fsp3) is 0.318. The third kappa shape index (κ3) is 3.56. The molecule has 8 nitrogen and oxygen atoms in total. The molecule has 0 radical (unpaired) electrons. The fourth-order valence-electron chi connectivity index (χ4n) is 3.82. The predicted octanol–water partition coefficient (Wildman–Crippen LogP) is 4.19. The number of fused-ring (bicyclic) bond motifs is 1. The number of nitrogens with one attached hydrogen (secondary N) is 1. The summed E-state index contributed by atoms with van der Waals surface area (Å²) in [7, 11) is 0. The number of likely N-dealkylation sites (tertiary alicyclic amines) is 1. The maximum atomic E-state index is 12.8. The van der Waals surface area contributed by atoms with Gasteiger partial charge in [-0.1, -0.05) is 18.2 Å². The molecule has 3 heterocycles. The number of carbonyl (C=O) groups excluding carboxylic acids is 1. The molecule has 154 valence electrons. The SMILES string of the molecule is Cc1ccccc1NC(=O)N1CCCC(c2nnc(-c3ccc4c(c3)OCO4)o2)C1. The molecule has 2 aliphatic heterocycles. The molecular weight excluding hydrogens is 384 g/mol. The second kappa shape index (κ2) is 7.70. The Morgan fingerprint density at radius 1 is 1.13 bits per heavy atom. The van der Waals surface area contributed by atoms with Gasteiger partial charge in [0.05, 0.1) is 5.92 Å². The summed E-state index contributed by atoms with van der Waals surface area (Å²) in [4.78, 5) is 14.6. The van der Waals surface area contributed by atoms with Crippen molar-refractivity contribution in [2.45, 2.75) is 25.7 Å². The summed E-state index contributed by atoms with van der Waals surface area (Å²) < 4.78 is 16.7. The molecule has 2 amide bonds. The smallest absolute Gasteiger partial charge is 0.321 e. The van der Waals surface area contributed by atoms with Crippen LogP contribution in [0.25, 0.3) is 11.5 Å². The highest BCUT2D eigenvalue weighted by molar-refractivity contribution is 5.90. The van der Waals surface area contributed by atoms with E-state index >= 15 is 0 Å². The van der Waals surface area contributed by atoms with Gasteiger partial charge in [-0.2, -0.15) is 0 Å². The fourth-order valence-corrected chi connectivity index (χ4v) is 3.82. The molecule has 2 aromatic carbocycles. The molecule has 0 saturated carbocycles. The van der Waals surface area contributed by atoms with E-state index in [9.17, 15) is 4.79 Å². The van der Waals surface area contributed by atoms with Crippen LogP contribution in [0.15, 0.2) is 46.9 Å². The van der Waals surface area contributed by atoms with Gasteiger partial charge in [-0.25, -0.2) is 4.79 Å². The summed E-state index contributed by atoms with van der Waals surface area (Å²) in [5.41, 5.74) is 2.64. The van der Waals surface area contributed by atoms with Gasteiger partial charge in [-0.15, -0.1) is 10.2 Å². The maximum absolute atomic E-state index is 12.8. The highest BCUT2D eigenvalue weighted by Gasteiger charge is 2.29. The van der Waals surface area contributed by atoms with Crippen LogP contribution in [0.5, 0.6) is 11.5 Å². The van der Waals surface area contributed by atoms with Crippen LogP contribution < -0.4 is 14.8 Å². The second-order valence-corrected chi connectivity index (χ2v) is 7.54. The predicted molar refractivity (Wildman–Crippen MR) is 110 cm³/mol. The molecule has 0 spiro atoms. The van der Waals surface area contributed by atoms with Crippen molar-refractivity contribution in [2.75, 3.05) is 25.2 Å². The van der Waals surface area contributed by atoms with Gasteiger partial charge in [0.25, 0.3) is 0 Å². The largest absolute Gasteiger partial charge is 0.454 e. The zero-order chi connectivity index (χ0) is 20.5. The lowest BCUT2D eigenvalue weighted by Gasteiger charge is -2.31. The Kier molecular flexibility index (Phi) is 4.74. The third-order valence-corrected chi connectivity index (χ3v) is 5.50. The van der Waals surface area contributed by atoms with Crippen molar-refractivity contribution < 1.29 is 18.7 Å². The molecule has 1 unspecified atom stereocenters. The zero-order valence-corrected chi connectivity index (χ0v) is 16.6. The quantitative estimate of drug-likeness (QED) is 0.702. The van der Waals surface area contributed by atoms with Gasteiger partial charge in [0.1, 0.15) is 0 Å². The van der Waals surface area contributed by atoms with Crippen molar-refractivity contribution in [3.63, 3.8) is 0 Å². The van der Waals surface area contributed by atoms with E-state index in [0.717, 1.165) is 29.7 Å². The van der Waals surface area contributed by atoms with E-state index in [1.54, 1.807) is 0 Å². The van der Waals surface area contributed by atoms with Crippen molar-refractivity contribution in [1.82, 2.24) is 15.1 Å². The highest BCUT2D eigenvalue weighted by Crippen LogP contribution is 2.36. The Bertz CT molecular complexity index is 1080. The number of aromatic nitrogens is 2. The van der Waals surface area contributed by atoms with Crippen LogP contribution in [-0.4, -0.2) is 41.0 Å². The Labute approximate surface area is 173 Å². The Morgan fingerprint density at radius 2 is 2.00 bits per heavy atom. The number of hydrogen-bond acceptors (Lipinski definition) is 6. The summed E-state index contributed by atoms with van der Waals surface area (Å²) in [6, 6.07) is 13.2. The van der Waals surface area contributed by atoms with Crippen LogP contribution in [0, 0.1) is 6.92 Å². The number of ether oxygens (including phenoxy) is 2. The second-order valence-electron chi connectivity index (χ2n) is 7.54. The van der Waals surface area contributed by atoms with Crippen LogP contribution in [0.4, 0.5) is 10.5 Å². The number of rotatable bonds is 3. The van der Waals surface area contributed by atoms with Crippen LogP contribution in [0.2, 0.25) is 0 Å². The molecular formula is C22H22N4O4. The number of carbonyl (C=O) groups is 1. The first-order valence-corrected chi connectivity index (χ1v) is 10.0. The number of amides is 2. The molecule has 0 bridgehead atoms. The van der Waals surface area contributed by atoms with Crippen LogP contribution in [0.3, 0.4) is 0 Å². The van der Waals surface area contributed by atoms with E-state index in [4.69, 9.17) is 13.9 Å². The first-order chi connectivity index (χ1) is 14.7. The molecule has 8 heteroatoms. The van der Waals surface area contributed by atoms with Crippen molar-refractivity contribution >= 4 is 11.7 Å². The molecule has 0 aliphatic carbocycles. The van der Waals surface area contributed by atoms with Crippen molar-refractivity contribution in [2.24, 2.45) is 0 Å². The van der Waals surface area contributed by atoms with Crippen molar-refractivity contribution in [1.29, 1.82) is 0 Å². The third-order valence-electron chi connectivity index (χ3n) is 5.50. The highest BCUT2D eigenvalue weighted by atomic mass is 16.7. The van der Waals surface area contributed by atoms with Gasteiger partial charge in [-0.3, -0.25) is 0 Å². The van der Waals surface area contributed by atoms with Gasteiger partial charge < -0.3 is 24.1 Å². The Balaban J connectivity index is 1.28. The molecule has 1 aromatic heterocycles. The van der Waals surface area contributed by atoms with Crippen molar-refractivity contribution in [3.05, 3.63) is 53.9 Å². The molecule has 30 heavy (non-hydrogen) atoms. The lowest BCUT2D eigenvalue weighted by molar-refractivity contribution is 0.174. The molecule has 1 atom stereocenters. The standard InChI is InChI=1S/C22H22N4O4/c1-14-5-2-3-7-17(14)23-22(27)26-10-4-6-16(12-26)21-25-24-20(30-21)15-8-9-18-19(11-15)29-13-28-18/h2-3,5,7-9,11,16H,4,6,10,12-13H2,1H3,(H,23,27). The number of benzene rings is 2. The molecule has 5 rings (SSSR count). The monoisotopic (exact) mass is 406 g/mol. The summed E-state index contributed by atoms with van der Waals surface area (Å²) in [5, 5.41) is 11.5. The van der Waals surface area contributed by atoms with E-state index in [2.05, 4.69) is 15.5 Å². The van der Waals surface area contributed by atoms with E-state index in [1.165, 1.54) is 0 Å². The number of nitrogens with zero attached hydrogens (tertiary/aromatic N) is 3. The summed E-state index contributed by atoms with van der Waals surface area (Å²) in [5.74, 6) is 2.38. The number of aryl methyl sites for hydroxylation is 1. The molecule has 1 saturated heterocycles. The van der Waals surface area contributed by atoms with Gasteiger partial charge in [0.15, 0.2) is 11.5 Å². The number of hydrogen-bond donors (Lipinski definition) is 1.